The largest absolute Gasteiger partial charge is 0.409 e. The van der Waals surface area contributed by atoms with Gasteiger partial charge in [0.25, 0.3) is 5.91 Å². The number of hydrogen-bond acceptors (Lipinski definition) is 5. The Morgan fingerprint density at radius 3 is 2.79 bits per heavy atom. The first-order valence-corrected chi connectivity index (χ1v) is 5.86. The van der Waals surface area contributed by atoms with E-state index >= 15 is 0 Å². The Labute approximate surface area is 111 Å². The van der Waals surface area contributed by atoms with Crippen molar-refractivity contribution in [2.24, 2.45) is 10.9 Å². The number of nitrogens with two attached hydrogens (primary N) is 1. The van der Waals surface area contributed by atoms with Crippen LogP contribution in [0.2, 0.25) is 0 Å². The van der Waals surface area contributed by atoms with E-state index in [9.17, 15) is 4.79 Å². The molecular formula is C12H18N4O3. The molecule has 0 bridgehead atoms. The summed E-state index contributed by atoms with van der Waals surface area (Å²) in [6, 6.07) is 3.13. The van der Waals surface area contributed by atoms with Gasteiger partial charge in [-0.1, -0.05) is 5.16 Å². The molecule has 0 atom stereocenters. The molecule has 0 saturated heterocycles. The molecule has 3 N–H and O–H groups in total. The van der Waals surface area contributed by atoms with Gasteiger partial charge in [-0.05, 0) is 19.1 Å². The molecule has 104 valence electrons. The van der Waals surface area contributed by atoms with Crippen LogP contribution in [0.3, 0.4) is 0 Å². The molecule has 0 aromatic carbocycles. The lowest BCUT2D eigenvalue weighted by atomic mass is 10.2. The van der Waals surface area contributed by atoms with Crippen LogP contribution in [-0.2, 0) is 4.74 Å². The number of rotatable bonds is 6. The Balaban J connectivity index is 2.81. The molecule has 7 heteroatoms. The quantitative estimate of drug-likeness (QED) is 0.333. The van der Waals surface area contributed by atoms with Crippen LogP contribution in [0.5, 0.6) is 0 Å². The SMILES string of the molecule is CCN(CCOC)C(=O)c1ccc(C(N)=NO)cn1. The van der Waals surface area contributed by atoms with Gasteiger partial charge in [0.05, 0.1) is 6.61 Å². The highest BCUT2D eigenvalue weighted by Crippen LogP contribution is 2.04. The summed E-state index contributed by atoms with van der Waals surface area (Å²) in [7, 11) is 1.59. The molecule has 0 aliphatic heterocycles. The summed E-state index contributed by atoms with van der Waals surface area (Å²) in [5.41, 5.74) is 6.19. The molecule has 0 aliphatic rings. The van der Waals surface area contributed by atoms with Crippen LogP contribution in [0.1, 0.15) is 23.0 Å². The lowest BCUT2D eigenvalue weighted by Gasteiger charge is -2.19. The minimum absolute atomic E-state index is 0.0433. The van der Waals surface area contributed by atoms with Crippen molar-refractivity contribution in [2.75, 3.05) is 26.8 Å². The normalized spacial score (nSPS) is 11.4. The molecule has 1 aromatic rings. The zero-order chi connectivity index (χ0) is 14.3. The molecule has 0 saturated carbocycles. The summed E-state index contributed by atoms with van der Waals surface area (Å²) in [5.74, 6) is -0.219. The second kappa shape index (κ2) is 7.32. The van der Waals surface area contributed by atoms with E-state index < -0.39 is 0 Å². The van der Waals surface area contributed by atoms with Gasteiger partial charge < -0.3 is 20.6 Å². The Kier molecular flexibility index (Phi) is 5.74. The van der Waals surface area contributed by atoms with E-state index in [1.165, 1.54) is 6.20 Å². The van der Waals surface area contributed by atoms with E-state index in [0.29, 0.717) is 31.0 Å². The first kappa shape index (κ1) is 14.9. The smallest absolute Gasteiger partial charge is 0.272 e. The van der Waals surface area contributed by atoms with Crippen molar-refractivity contribution in [2.45, 2.75) is 6.92 Å². The van der Waals surface area contributed by atoms with Crippen LogP contribution in [0.4, 0.5) is 0 Å². The lowest BCUT2D eigenvalue weighted by molar-refractivity contribution is 0.0700. The molecule has 0 aliphatic carbocycles. The molecule has 1 amide bonds. The third kappa shape index (κ3) is 3.92. The van der Waals surface area contributed by atoms with Crippen molar-refractivity contribution >= 4 is 11.7 Å². The predicted octanol–water partition coefficient (Wildman–Crippen LogP) is 0.285. The lowest BCUT2D eigenvalue weighted by Crippen LogP contribution is -2.34. The van der Waals surface area contributed by atoms with Crippen LogP contribution in [0.25, 0.3) is 0 Å². The third-order valence-electron chi connectivity index (χ3n) is 2.62. The third-order valence-corrected chi connectivity index (χ3v) is 2.62. The Hall–Kier alpha value is -2.15. The molecule has 1 rings (SSSR count). The minimum atomic E-state index is -0.175. The highest BCUT2D eigenvalue weighted by molar-refractivity contribution is 5.98. The molecule has 7 nitrogen and oxygen atoms in total. The van der Waals surface area contributed by atoms with E-state index in [0.717, 1.165) is 0 Å². The fourth-order valence-electron chi connectivity index (χ4n) is 1.50. The summed E-state index contributed by atoms with van der Waals surface area (Å²) in [6.07, 6.45) is 1.40. The van der Waals surface area contributed by atoms with Crippen molar-refractivity contribution < 1.29 is 14.7 Å². The maximum absolute atomic E-state index is 12.1. The average molecular weight is 266 g/mol. The number of nitrogens with zero attached hydrogens (tertiary/aromatic N) is 3. The fraction of sp³-hybridized carbons (Fsp3) is 0.417. The van der Waals surface area contributed by atoms with Crippen LogP contribution in [0, 0.1) is 0 Å². The number of hydrogen-bond donors (Lipinski definition) is 2. The second-order valence-corrected chi connectivity index (χ2v) is 3.79. The molecule has 0 spiro atoms. The van der Waals surface area contributed by atoms with Gasteiger partial charge in [-0.25, -0.2) is 0 Å². The number of amides is 1. The van der Waals surface area contributed by atoms with Gasteiger partial charge in [-0.2, -0.15) is 0 Å². The first-order chi connectivity index (χ1) is 9.13. The van der Waals surface area contributed by atoms with E-state index in [1.807, 2.05) is 6.92 Å². The molecule has 1 aromatic heterocycles. The number of oxime groups is 1. The summed E-state index contributed by atoms with van der Waals surface area (Å²) < 4.78 is 4.95. The summed E-state index contributed by atoms with van der Waals surface area (Å²) in [5, 5.41) is 11.4. The van der Waals surface area contributed by atoms with Gasteiger partial charge in [-0.15, -0.1) is 0 Å². The molecular weight excluding hydrogens is 248 g/mol. The van der Waals surface area contributed by atoms with E-state index in [2.05, 4.69) is 10.1 Å². The average Bonchev–Trinajstić information content (AvgIpc) is 2.47. The summed E-state index contributed by atoms with van der Waals surface area (Å²) in [6.45, 7) is 3.45. The Morgan fingerprint density at radius 2 is 2.32 bits per heavy atom. The number of pyridine rings is 1. The molecule has 1 heterocycles. The number of amidine groups is 1. The summed E-state index contributed by atoms with van der Waals surface area (Å²) >= 11 is 0. The van der Waals surface area contributed by atoms with E-state index in [4.69, 9.17) is 15.7 Å². The van der Waals surface area contributed by atoms with Crippen LogP contribution in [-0.4, -0.2) is 53.6 Å². The molecule has 0 radical (unpaired) electrons. The highest BCUT2D eigenvalue weighted by atomic mass is 16.5. The number of aromatic nitrogens is 1. The number of ether oxygens (including phenoxy) is 1. The number of methoxy groups -OCH3 is 1. The van der Waals surface area contributed by atoms with Crippen molar-refractivity contribution in [1.29, 1.82) is 0 Å². The maximum atomic E-state index is 12.1. The van der Waals surface area contributed by atoms with Gasteiger partial charge >= 0.3 is 0 Å². The fourth-order valence-corrected chi connectivity index (χ4v) is 1.50. The van der Waals surface area contributed by atoms with E-state index in [1.54, 1.807) is 24.1 Å². The topological polar surface area (TPSA) is 101 Å². The van der Waals surface area contributed by atoms with Gasteiger partial charge in [0.15, 0.2) is 5.84 Å². The van der Waals surface area contributed by atoms with Crippen LogP contribution < -0.4 is 5.73 Å². The predicted molar refractivity (Wildman–Crippen MR) is 70.2 cm³/mol. The van der Waals surface area contributed by atoms with Crippen LogP contribution in [0.15, 0.2) is 23.5 Å². The van der Waals surface area contributed by atoms with Crippen molar-refractivity contribution in [3.05, 3.63) is 29.6 Å². The highest BCUT2D eigenvalue weighted by Gasteiger charge is 2.15. The van der Waals surface area contributed by atoms with Crippen molar-refractivity contribution in [3.8, 4) is 0 Å². The molecule has 0 unspecified atom stereocenters. The second-order valence-electron chi connectivity index (χ2n) is 3.79. The van der Waals surface area contributed by atoms with Gasteiger partial charge in [0.1, 0.15) is 5.69 Å². The zero-order valence-corrected chi connectivity index (χ0v) is 11.0. The number of likely N-dealkylation sites (N-methyl/N-ethyl adjacent to an activating group) is 1. The Bertz CT molecular complexity index is 445. The Morgan fingerprint density at radius 1 is 1.58 bits per heavy atom. The molecule has 19 heavy (non-hydrogen) atoms. The molecule has 0 fully saturated rings. The van der Waals surface area contributed by atoms with Crippen molar-refractivity contribution in [3.63, 3.8) is 0 Å². The zero-order valence-electron chi connectivity index (χ0n) is 11.0. The number of carbonyl (C=O) groups is 1. The first-order valence-electron chi connectivity index (χ1n) is 5.86. The van der Waals surface area contributed by atoms with Gasteiger partial charge in [-0.3, -0.25) is 9.78 Å². The number of carbonyl (C=O) groups excluding carboxylic acids is 1. The monoisotopic (exact) mass is 266 g/mol. The summed E-state index contributed by atoms with van der Waals surface area (Å²) in [4.78, 5) is 17.8. The maximum Gasteiger partial charge on any atom is 0.272 e. The van der Waals surface area contributed by atoms with Gasteiger partial charge in [0, 0.05) is 32.0 Å². The van der Waals surface area contributed by atoms with Crippen LogP contribution >= 0.6 is 0 Å². The van der Waals surface area contributed by atoms with Crippen molar-refractivity contribution in [1.82, 2.24) is 9.88 Å². The standard InChI is InChI=1S/C12H18N4O3/c1-3-16(6-7-19-2)12(17)10-5-4-9(8-14-10)11(13)15-18/h4-5,8,18H,3,6-7H2,1-2H3,(H2,13,15). The van der Waals surface area contributed by atoms with Gasteiger partial charge in [0.2, 0.25) is 0 Å². The minimum Gasteiger partial charge on any atom is -0.409 e. The van der Waals surface area contributed by atoms with E-state index in [-0.39, 0.29) is 11.7 Å².